The second kappa shape index (κ2) is 7.26. The fraction of sp³-hybridized carbons (Fsp3) is 1.00. The van der Waals surface area contributed by atoms with E-state index in [1.807, 2.05) is 0 Å². The summed E-state index contributed by atoms with van der Waals surface area (Å²) in [5.41, 5.74) is 1.22. The van der Waals surface area contributed by atoms with E-state index in [9.17, 15) is 0 Å². The van der Waals surface area contributed by atoms with Gasteiger partial charge in [0.1, 0.15) is 0 Å². The average Bonchev–Trinajstić information content (AvgIpc) is 2.91. The summed E-state index contributed by atoms with van der Waals surface area (Å²) in [7, 11) is 0. The molecule has 1 unspecified atom stereocenters. The van der Waals surface area contributed by atoms with Crippen molar-refractivity contribution in [2.45, 2.75) is 72.1 Å². The molecule has 0 bridgehead atoms. The molecule has 118 valence electrons. The van der Waals surface area contributed by atoms with Crippen LogP contribution in [0.5, 0.6) is 0 Å². The van der Waals surface area contributed by atoms with Crippen molar-refractivity contribution < 1.29 is 0 Å². The summed E-state index contributed by atoms with van der Waals surface area (Å²) in [4.78, 5) is 2.75. The highest BCUT2D eigenvalue weighted by Gasteiger charge is 2.38. The van der Waals surface area contributed by atoms with Crippen molar-refractivity contribution in [2.75, 3.05) is 32.7 Å². The van der Waals surface area contributed by atoms with Gasteiger partial charge in [0.2, 0.25) is 0 Å². The SMILES string of the molecule is CCCNCC(C)(CC)CN1CCC2(CCCC2)CC1. The molecule has 1 N–H and O–H groups in total. The van der Waals surface area contributed by atoms with E-state index in [0.29, 0.717) is 5.41 Å². The van der Waals surface area contributed by atoms with Gasteiger partial charge in [-0.2, -0.15) is 0 Å². The van der Waals surface area contributed by atoms with E-state index in [2.05, 4.69) is 31.0 Å². The molecule has 1 saturated carbocycles. The molecule has 1 aliphatic carbocycles. The van der Waals surface area contributed by atoms with E-state index in [-0.39, 0.29) is 0 Å². The van der Waals surface area contributed by atoms with Gasteiger partial charge in [-0.3, -0.25) is 0 Å². The smallest absolute Gasteiger partial charge is 0.00474 e. The first kappa shape index (κ1) is 16.3. The Morgan fingerprint density at radius 2 is 1.70 bits per heavy atom. The Labute approximate surface area is 126 Å². The molecule has 1 aliphatic heterocycles. The number of likely N-dealkylation sites (tertiary alicyclic amines) is 1. The molecule has 1 saturated heterocycles. The van der Waals surface area contributed by atoms with Crippen LogP contribution in [0.25, 0.3) is 0 Å². The van der Waals surface area contributed by atoms with Crippen molar-refractivity contribution >= 4 is 0 Å². The normalized spacial score (nSPS) is 25.9. The van der Waals surface area contributed by atoms with Crippen LogP contribution < -0.4 is 5.32 Å². The van der Waals surface area contributed by atoms with E-state index in [1.165, 1.54) is 84.1 Å². The van der Waals surface area contributed by atoms with Gasteiger partial charge in [0.25, 0.3) is 0 Å². The van der Waals surface area contributed by atoms with E-state index < -0.39 is 0 Å². The molecule has 0 radical (unpaired) electrons. The molecular formula is C18H36N2. The predicted molar refractivity (Wildman–Crippen MR) is 88.1 cm³/mol. The Balaban J connectivity index is 1.77. The molecule has 0 aromatic rings. The van der Waals surface area contributed by atoms with E-state index in [0.717, 1.165) is 5.41 Å². The zero-order chi connectivity index (χ0) is 14.5. The van der Waals surface area contributed by atoms with Crippen LogP contribution in [0, 0.1) is 10.8 Å². The summed E-state index contributed by atoms with van der Waals surface area (Å²) in [5, 5.41) is 3.64. The van der Waals surface area contributed by atoms with Crippen LogP contribution >= 0.6 is 0 Å². The van der Waals surface area contributed by atoms with Crippen LogP contribution in [-0.2, 0) is 0 Å². The lowest BCUT2D eigenvalue weighted by Crippen LogP contribution is -2.46. The zero-order valence-corrected chi connectivity index (χ0v) is 14.1. The van der Waals surface area contributed by atoms with Gasteiger partial charge < -0.3 is 10.2 Å². The summed E-state index contributed by atoms with van der Waals surface area (Å²) in [6.45, 7) is 13.4. The lowest BCUT2D eigenvalue weighted by atomic mass is 9.76. The molecule has 0 aromatic carbocycles. The summed E-state index contributed by atoms with van der Waals surface area (Å²) >= 11 is 0. The van der Waals surface area contributed by atoms with Crippen LogP contribution in [0.2, 0.25) is 0 Å². The van der Waals surface area contributed by atoms with Crippen LogP contribution in [0.15, 0.2) is 0 Å². The topological polar surface area (TPSA) is 15.3 Å². The quantitative estimate of drug-likeness (QED) is 0.708. The highest BCUT2D eigenvalue weighted by Crippen LogP contribution is 2.46. The van der Waals surface area contributed by atoms with Gasteiger partial charge in [0.15, 0.2) is 0 Å². The fourth-order valence-electron chi connectivity index (χ4n) is 4.21. The van der Waals surface area contributed by atoms with Crippen LogP contribution in [0.3, 0.4) is 0 Å². The summed E-state index contributed by atoms with van der Waals surface area (Å²) in [6, 6.07) is 0. The van der Waals surface area contributed by atoms with Crippen LogP contribution in [-0.4, -0.2) is 37.6 Å². The minimum absolute atomic E-state index is 0.454. The second-order valence-electron chi connectivity index (χ2n) is 7.82. The number of hydrogen-bond acceptors (Lipinski definition) is 2. The monoisotopic (exact) mass is 280 g/mol. The lowest BCUT2D eigenvalue weighted by molar-refractivity contribution is 0.0713. The summed E-state index contributed by atoms with van der Waals surface area (Å²) in [5.74, 6) is 0. The summed E-state index contributed by atoms with van der Waals surface area (Å²) < 4.78 is 0. The van der Waals surface area contributed by atoms with Crippen molar-refractivity contribution in [1.82, 2.24) is 10.2 Å². The molecule has 0 amide bonds. The van der Waals surface area contributed by atoms with Gasteiger partial charge in [-0.1, -0.05) is 33.6 Å². The molecule has 20 heavy (non-hydrogen) atoms. The molecule has 2 nitrogen and oxygen atoms in total. The third-order valence-corrected chi connectivity index (χ3v) is 6.02. The maximum Gasteiger partial charge on any atom is 0.00474 e. The third kappa shape index (κ3) is 4.21. The molecule has 1 heterocycles. The molecule has 1 atom stereocenters. The minimum Gasteiger partial charge on any atom is -0.316 e. The van der Waals surface area contributed by atoms with Gasteiger partial charge >= 0.3 is 0 Å². The number of hydrogen-bond donors (Lipinski definition) is 1. The molecule has 1 spiro atoms. The van der Waals surface area contributed by atoms with Gasteiger partial charge in [0.05, 0.1) is 0 Å². The third-order valence-electron chi connectivity index (χ3n) is 6.02. The van der Waals surface area contributed by atoms with Gasteiger partial charge in [-0.25, -0.2) is 0 Å². The minimum atomic E-state index is 0.454. The number of nitrogens with one attached hydrogen (secondary N) is 1. The van der Waals surface area contributed by atoms with Crippen LogP contribution in [0.1, 0.15) is 72.1 Å². The molecule has 2 heteroatoms. The number of rotatable bonds is 7. The standard InChI is InChI=1S/C18H36N2/c1-4-12-19-15-17(3,5-2)16-20-13-10-18(11-14-20)8-6-7-9-18/h19H,4-16H2,1-3H3. The van der Waals surface area contributed by atoms with Gasteiger partial charge in [-0.15, -0.1) is 0 Å². The molecular weight excluding hydrogens is 244 g/mol. The molecule has 2 fully saturated rings. The van der Waals surface area contributed by atoms with Crippen molar-refractivity contribution in [3.8, 4) is 0 Å². The van der Waals surface area contributed by atoms with E-state index in [4.69, 9.17) is 0 Å². The maximum atomic E-state index is 3.64. The van der Waals surface area contributed by atoms with E-state index in [1.54, 1.807) is 0 Å². The van der Waals surface area contributed by atoms with Crippen molar-refractivity contribution in [2.24, 2.45) is 10.8 Å². The zero-order valence-electron chi connectivity index (χ0n) is 14.1. The second-order valence-corrected chi connectivity index (χ2v) is 7.82. The first-order chi connectivity index (χ1) is 9.61. The van der Waals surface area contributed by atoms with Crippen molar-refractivity contribution in [3.63, 3.8) is 0 Å². The predicted octanol–water partition coefficient (Wildman–Crippen LogP) is 4.06. The Morgan fingerprint density at radius 3 is 2.25 bits per heavy atom. The summed E-state index contributed by atoms with van der Waals surface area (Å²) in [6.07, 6.45) is 11.5. The first-order valence-electron chi connectivity index (χ1n) is 9.04. The Bertz CT molecular complexity index is 273. The van der Waals surface area contributed by atoms with Crippen molar-refractivity contribution in [1.29, 1.82) is 0 Å². The maximum absolute atomic E-state index is 3.64. The largest absolute Gasteiger partial charge is 0.316 e. The number of piperidine rings is 1. The van der Waals surface area contributed by atoms with Gasteiger partial charge in [-0.05, 0) is 69.0 Å². The first-order valence-corrected chi connectivity index (χ1v) is 9.04. The lowest BCUT2D eigenvalue weighted by Gasteiger charge is -2.43. The van der Waals surface area contributed by atoms with Crippen LogP contribution in [0.4, 0.5) is 0 Å². The molecule has 2 rings (SSSR count). The highest BCUT2D eigenvalue weighted by molar-refractivity contribution is 4.91. The highest BCUT2D eigenvalue weighted by atomic mass is 15.1. The molecule has 0 aromatic heterocycles. The van der Waals surface area contributed by atoms with E-state index >= 15 is 0 Å². The Kier molecular flexibility index (Phi) is 5.92. The number of nitrogens with zero attached hydrogens (tertiary/aromatic N) is 1. The Morgan fingerprint density at radius 1 is 1.05 bits per heavy atom. The van der Waals surface area contributed by atoms with Crippen molar-refractivity contribution in [3.05, 3.63) is 0 Å². The van der Waals surface area contributed by atoms with Gasteiger partial charge in [0, 0.05) is 13.1 Å². The fourth-order valence-corrected chi connectivity index (χ4v) is 4.21. The average molecular weight is 280 g/mol. The Hall–Kier alpha value is -0.0800. The molecule has 2 aliphatic rings.